The van der Waals surface area contributed by atoms with Gasteiger partial charge in [0, 0.05) is 12.1 Å². The molecule has 0 radical (unpaired) electrons. The standard InChI is InChI=1S/C12H21N3O3/c1-3-8(2)14-11(16)13-6-10-7-15(9-4-5-9)12(17)18-10/h8-10H,3-7H2,1-2H3,(H2,13,14,16). The Kier molecular flexibility index (Phi) is 3.93. The molecule has 1 heterocycles. The van der Waals surface area contributed by atoms with Gasteiger partial charge in [0.1, 0.15) is 6.10 Å². The fourth-order valence-corrected chi connectivity index (χ4v) is 1.92. The molecular formula is C12H21N3O3. The van der Waals surface area contributed by atoms with E-state index in [1.54, 1.807) is 4.90 Å². The minimum absolute atomic E-state index is 0.152. The van der Waals surface area contributed by atoms with E-state index in [0.717, 1.165) is 19.3 Å². The van der Waals surface area contributed by atoms with Gasteiger partial charge < -0.3 is 20.3 Å². The number of cyclic esters (lactones) is 1. The van der Waals surface area contributed by atoms with Gasteiger partial charge in [-0.05, 0) is 26.2 Å². The Labute approximate surface area is 107 Å². The fraction of sp³-hybridized carbons (Fsp3) is 0.833. The van der Waals surface area contributed by atoms with Crippen LogP contribution in [-0.2, 0) is 4.74 Å². The van der Waals surface area contributed by atoms with E-state index in [0.29, 0.717) is 19.1 Å². The van der Waals surface area contributed by atoms with Crippen molar-refractivity contribution < 1.29 is 14.3 Å². The first-order chi connectivity index (χ1) is 8.60. The molecular weight excluding hydrogens is 234 g/mol. The van der Waals surface area contributed by atoms with Crippen LogP contribution >= 0.6 is 0 Å². The monoisotopic (exact) mass is 255 g/mol. The van der Waals surface area contributed by atoms with Gasteiger partial charge in [0.25, 0.3) is 0 Å². The Morgan fingerprint density at radius 1 is 1.56 bits per heavy atom. The predicted molar refractivity (Wildman–Crippen MR) is 66.3 cm³/mol. The molecule has 18 heavy (non-hydrogen) atoms. The van der Waals surface area contributed by atoms with Crippen molar-refractivity contribution in [1.82, 2.24) is 15.5 Å². The number of carbonyl (C=O) groups is 2. The van der Waals surface area contributed by atoms with Crippen LogP contribution in [0.5, 0.6) is 0 Å². The summed E-state index contributed by atoms with van der Waals surface area (Å²) in [5.41, 5.74) is 0. The first-order valence-electron chi connectivity index (χ1n) is 6.61. The van der Waals surface area contributed by atoms with Crippen LogP contribution in [-0.4, -0.2) is 48.3 Å². The predicted octanol–water partition coefficient (Wildman–Crippen LogP) is 1.07. The van der Waals surface area contributed by atoms with Gasteiger partial charge in [-0.2, -0.15) is 0 Å². The summed E-state index contributed by atoms with van der Waals surface area (Å²) < 4.78 is 5.20. The van der Waals surface area contributed by atoms with Gasteiger partial charge in [-0.1, -0.05) is 6.92 Å². The fourth-order valence-electron chi connectivity index (χ4n) is 1.92. The summed E-state index contributed by atoms with van der Waals surface area (Å²) in [6.45, 7) is 4.92. The number of urea groups is 1. The van der Waals surface area contributed by atoms with Crippen molar-refractivity contribution in [1.29, 1.82) is 0 Å². The number of carbonyl (C=O) groups excluding carboxylic acids is 2. The molecule has 1 saturated carbocycles. The van der Waals surface area contributed by atoms with E-state index in [1.165, 1.54) is 0 Å². The number of ether oxygens (including phenoxy) is 1. The summed E-state index contributed by atoms with van der Waals surface area (Å²) in [5, 5.41) is 5.54. The highest BCUT2D eigenvalue weighted by Crippen LogP contribution is 2.30. The van der Waals surface area contributed by atoms with Gasteiger partial charge in [-0.25, -0.2) is 9.59 Å². The highest BCUT2D eigenvalue weighted by molar-refractivity contribution is 5.74. The van der Waals surface area contributed by atoms with Gasteiger partial charge in [0.05, 0.1) is 13.1 Å². The lowest BCUT2D eigenvalue weighted by atomic mass is 10.3. The smallest absolute Gasteiger partial charge is 0.410 e. The van der Waals surface area contributed by atoms with Crippen LogP contribution in [0.1, 0.15) is 33.1 Å². The van der Waals surface area contributed by atoms with Crippen molar-refractivity contribution in [2.75, 3.05) is 13.1 Å². The van der Waals surface area contributed by atoms with Crippen molar-refractivity contribution in [2.45, 2.75) is 51.3 Å². The molecule has 6 heteroatoms. The number of hydrogen-bond acceptors (Lipinski definition) is 3. The second-order valence-corrected chi connectivity index (χ2v) is 5.05. The van der Waals surface area contributed by atoms with Crippen LogP contribution in [0.15, 0.2) is 0 Å². The van der Waals surface area contributed by atoms with E-state index in [9.17, 15) is 9.59 Å². The number of hydrogen-bond donors (Lipinski definition) is 2. The number of nitrogens with zero attached hydrogens (tertiary/aromatic N) is 1. The number of nitrogens with one attached hydrogen (secondary N) is 2. The van der Waals surface area contributed by atoms with Crippen molar-refractivity contribution in [3.8, 4) is 0 Å². The van der Waals surface area contributed by atoms with Crippen molar-refractivity contribution in [3.05, 3.63) is 0 Å². The van der Waals surface area contributed by atoms with Gasteiger partial charge in [0.15, 0.2) is 0 Å². The van der Waals surface area contributed by atoms with E-state index in [1.807, 2.05) is 13.8 Å². The molecule has 2 aliphatic rings. The Hall–Kier alpha value is -1.46. The molecule has 2 unspecified atom stereocenters. The van der Waals surface area contributed by atoms with Crippen molar-refractivity contribution in [2.24, 2.45) is 0 Å². The van der Waals surface area contributed by atoms with Gasteiger partial charge in [-0.15, -0.1) is 0 Å². The van der Waals surface area contributed by atoms with Gasteiger partial charge in [-0.3, -0.25) is 0 Å². The van der Waals surface area contributed by atoms with E-state index in [2.05, 4.69) is 10.6 Å². The summed E-state index contributed by atoms with van der Waals surface area (Å²) in [6.07, 6.45) is 2.57. The maximum Gasteiger partial charge on any atom is 0.410 e. The zero-order valence-electron chi connectivity index (χ0n) is 10.9. The molecule has 2 rings (SSSR count). The van der Waals surface area contributed by atoms with E-state index in [4.69, 9.17) is 4.74 Å². The average molecular weight is 255 g/mol. The minimum atomic E-state index is -0.244. The van der Waals surface area contributed by atoms with E-state index < -0.39 is 0 Å². The summed E-state index contributed by atoms with van der Waals surface area (Å²) in [6, 6.07) is 0.320. The number of amides is 3. The first kappa shape index (κ1) is 13.0. The van der Waals surface area contributed by atoms with Gasteiger partial charge >= 0.3 is 12.1 Å². The average Bonchev–Trinajstić information content (AvgIpc) is 3.11. The Bertz CT molecular complexity index is 331. The van der Waals surface area contributed by atoms with Gasteiger partial charge in [0.2, 0.25) is 0 Å². The summed E-state index contributed by atoms with van der Waals surface area (Å²) >= 11 is 0. The topological polar surface area (TPSA) is 70.7 Å². The lowest BCUT2D eigenvalue weighted by molar-refractivity contribution is 0.131. The van der Waals surface area contributed by atoms with Crippen molar-refractivity contribution >= 4 is 12.1 Å². The molecule has 1 aliphatic heterocycles. The molecule has 2 fully saturated rings. The van der Waals surface area contributed by atoms with Crippen LogP contribution in [0.2, 0.25) is 0 Å². The Morgan fingerprint density at radius 3 is 2.89 bits per heavy atom. The first-order valence-corrected chi connectivity index (χ1v) is 6.61. The highest BCUT2D eigenvalue weighted by Gasteiger charge is 2.40. The summed E-state index contributed by atoms with van der Waals surface area (Å²) in [5.74, 6) is 0. The van der Waals surface area contributed by atoms with Crippen LogP contribution in [0.3, 0.4) is 0 Å². The molecule has 0 spiro atoms. The molecule has 1 aliphatic carbocycles. The van der Waals surface area contributed by atoms with Crippen LogP contribution in [0, 0.1) is 0 Å². The molecule has 1 saturated heterocycles. The lowest BCUT2D eigenvalue weighted by Crippen LogP contribution is -2.44. The molecule has 0 bridgehead atoms. The zero-order valence-corrected chi connectivity index (χ0v) is 10.9. The molecule has 2 N–H and O–H groups in total. The second kappa shape index (κ2) is 5.46. The molecule has 0 aromatic rings. The largest absolute Gasteiger partial charge is 0.442 e. The Morgan fingerprint density at radius 2 is 2.28 bits per heavy atom. The molecule has 6 nitrogen and oxygen atoms in total. The van der Waals surface area contributed by atoms with Crippen LogP contribution in [0.25, 0.3) is 0 Å². The third-order valence-corrected chi connectivity index (χ3v) is 3.37. The number of rotatable bonds is 5. The minimum Gasteiger partial charge on any atom is -0.442 e. The van der Waals surface area contributed by atoms with Crippen LogP contribution in [0.4, 0.5) is 9.59 Å². The zero-order chi connectivity index (χ0) is 13.1. The molecule has 0 aromatic heterocycles. The maximum absolute atomic E-state index is 11.5. The summed E-state index contributed by atoms with van der Waals surface area (Å²) in [4.78, 5) is 24.8. The molecule has 0 aromatic carbocycles. The highest BCUT2D eigenvalue weighted by atomic mass is 16.6. The van der Waals surface area contributed by atoms with E-state index >= 15 is 0 Å². The van der Waals surface area contributed by atoms with E-state index in [-0.39, 0.29) is 24.3 Å². The molecule has 3 amide bonds. The summed E-state index contributed by atoms with van der Waals surface area (Å²) in [7, 11) is 0. The van der Waals surface area contributed by atoms with Crippen molar-refractivity contribution in [3.63, 3.8) is 0 Å². The third kappa shape index (κ3) is 3.27. The van der Waals surface area contributed by atoms with Crippen LogP contribution < -0.4 is 10.6 Å². The molecule has 102 valence electrons. The third-order valence-electron chi connectivity index (χ3n) is 3.37. The lowest BCUT2D eigenvalue weighted by Gasteiger charge is -2.14. The Balaban J connectivity index is 1.68. The maximum atomic E-state index is 11.5. The quantitative estimate of drug-likeness (QED) is 0.772. The molecule has 2 atom stereocenters. The normalized spacial score (nSPS) is 24.7. The SMILES string of the molecule is CCC(C)NC(=O)NCC1CN(C2CC2)C(=O)O1. The second-order valence-electron chi connectivity index (χ2n) is 5.05.